The number of pyridine rings is 1. The quantitative estimate of drug-likeness (QED) is 0.535. The van der Waals surface area contributed by atoms with E-state index in [1.807, 2.05) is 42.7 Å². The monoisotopic (exact) mass is 380 g/mol. The molecule has 148 valence electrons. The maximum absolute atomic E-state index is 12.6. The average Bonchev–Trinajstić information content (AvgIpc) is 3.10. The lowest BCUT2D eigenvalue weighted by Gasteiger charge is -2.16. The number of aryl methyl sites for hydroxylation is 1. The number of rotatable bonds is 9. The zero-order chi connectivity index (χ0) is 19.9. The van der Waals surface area contributed by atoms with Gasteiger partial charge in [0, 0.05) is 55.5 Å². The van der Waals surface area contributed by atoms with Crippen LogP contribution in [0.5, 0.6) is 0 Å². The number of amides is 1. The Kier molecular flexibility index (Phi) is 6.79. The van der Waals surface area contributed by atoms with E-state index < -0.39 is 0 Å². The predicted octanol–water partition coefficient (Wildman–Crippen LogP) is 3.23. The van der Waals surface area contributed by atoms with Crippen LogP contribution in [0.15, 0.2) is 54.9 Å². The van der Waals surface area contributed by atoms with Gasteiger partial charge in [-0.1, -0.05) is 24.3 Å². The number of para-hydroxylation sites is 1. The summed E-state index contributed by atoms with van der Waals surface area (Å²) in [6, 6.07) is 14.0. The highest BCUT2D eigenvalue weighted by molar-refractivity contribution is 6.06. The largest absolute Gasteiger partial charge is 0.347 e. The molecule has 0 spiro atoms. The van der Waals surface area contributed by atoms with Gasteiger partial charge in [-0.3, -0.25) is 14.6 Å². The summed E-state index contributed by atoms with van der Waals surface area (Å²) in [4.78, 5) is 24.3. The Balaban J connectivity index is 1.60. The van der Waals surface area contributed by atoms with E-state index in [-0.39, 0.29) is 5.91 Å². The highest BCUT2D eigenvalue weighted by Crippen LogP contribution is 2.23. The molecule has 0 unspecified atom stereocenters. The molecule has 6 nitrogen and oxygen atoms in total. The topological polar surface area (TPSA) is 50.6 Å². The summed E-state index contributed by atoms with van der Waals surface area (Å²) < 4.78 is 2.17. The molecule has 6 heteroatoms. The molecule has 0 saturated carbocycles. The first-order valence-electron chi connectivity index (χ1n) is 9.58. The van der Waals surface area contributed by atoms with E-state index in [4.69, 9.17) is 4.84 Å². The van der Waals surface area contributed by atoms with Gasteiger partial charge >= 0.3 is 0 Å². The van der Waals surface area contributed by atoms with Crippen LogP contribution in [0.2, 0.25) is 0 Å². The third-order valence-corrected chi connectivity index (χ3v) is 4.99. The summed E-state index contributed by atoms with van der Waals surface area (Å²) in [6.45, 7) is 2.82. The molecule has 0 atom stereocenters. The van der Waals surface area contributed by atoms with Crippen LogP contribution in [-0.4, -0.2) is 59.7 Å². The molecule has 0 aliphatic rings. The van der Waals surface area contributed by atoms with E-state index in [9.17, 15) is 4.79 Å². The minimum absolute atomic E-state index is 0.134. The fourth-order valence-electron chi connectivity index (χ4n) is 3.33. The highest BCUT2D eigenvalue weighted by Gasteiger charge is 2.18. The van der Waals surface area contributed by atoms with Gasteiger partial charge in [0.2, 0.25) is 0 Å². The van der Waals surface area contributed by atoms with E-state index in [2.05, 4.69) is 33.6 Å². The predicted molar refractivity (Wildman–Crippen MR) is 111 cm³/mol. The Morgan fingerprint density at radius 3 is 2.64 bits per heavy atom. The van der Waals surface area contributed by atoms with Gasteiger partial charge in [0.15, 0.2) is 0 Å². The molecular weight excluding hydrogens is 352 g/mol. The van der Waals surface area contributed by atoms with Crippen molar-refractivity contribution in [1.82, 2.24) is 19.5 Å². The minimum Gasteiger partial charge on any atom is -0.347 e. The molecule has 0 aliphatic heterocycles. The minimum atomic E-state index is -0.134. The van der Waals surface area contributed by atoms with Gasteiger partial charge in [-0.2, -0.15) is 0 Å². The van der Waals surface area contributed by atoms with Crippen LogP contribution in [0.4, 0.5) is 0 Å². The van der Waals surface area contributed by atoms with E-state index >= 15 is 0 Å². The van der Waals surface area contributed by atoms with Crippen molar-refractivity contribution in [3.05, 3.63) is 66.1 Å². The molecule has 0 N–H and O–H groups in total. The van der Waals surface area contributed by atoms with Gasteiger partial charge in [0.05, 0.1) is 12.7 Å². The second-order valence-corrected chi connectivity index (χ2v) is 6.97. The third-order valence-electron chi connectivity index (χ3n) is 4.99. The molecule has 1 amide bonds. The van der Waals surface area contributed by atoms with Gasteiger partial charge in [-0.05, 0) is 38.2 Å². The zero-order valence-electron chi connectivity index (χ0n) is 16.8. The lowest BCUT2D eigenvalue weighted by molar-refractivity contribution is -0.0755. The number of carbonyl (C=O) groups is 1. The molecule has 0 aliphatic carbocycles. The highest BCUT2D eigenvalue weighted by atomic mass is 16.7. The molecule has 0 saturated heterocycles. The lowest BCUT2D eigenvalue weighted by Crippen LogP contribution is -2.25. The first-order valence-corrected chi connectivity index (χ1v) is 9.58. The first-order chi connectivity index (χ1) is 13.6. The molecule has 0 fully saturated rings. The number of hydroxylamine groups is 2. The van der Waals surface area contributed by atoms with Crippen LogP contribution in [0.25, 0.3) is 10.9 Å². The average molecular weight is 380 g/mol. The number of benzene rings is 1. The second-order valence-electron chi connectivity index (χ2n) is 6.97. The Labute approximate surface area is 166 Å². The molecule has 2 heterocycles. The Morgan fingerprint density at radius 2 is 1.89 bits per heavy atom. The van der Waals surface area contributed by atoms with Crippen molar-refractivity contribution in [2.75, 3.05) is 34.3 Å². The van der Waals surface area contributed by atoms with Gasteiger partial charge < -0.3 is 9.47 Å². The van der Waals surface area contributed by atoms with Crippen LogP contribution in [0, 0.1) is 0 Å². The van der Waals surface area contributed by atoms with Crippen molar-refractivity contribution < 1.29 is 9.63 Å². The van der Waals surface area contributed by atoms with Crippen LogP contribution in [0.3, 0.4) is 0 Å². The van der Waals surface area contributed by atoms with Gasteiger partial charge in [0.1, 0.15) is 0 Å². The smallest absolute Gasteiger partial charge is 0.279 e. The van der Waals surface area contributed by atoms with E-state index in [0.29, 0.717) is 5.56 Å². The normalized spacial score (nSPS) is 11.3. The number of fused-ring (bicyclic) bond motifs is 1. The van der Waals surface area contributed by atoms with E-state index in [0.717, 1.165) is 49.1 Å². The molecule has 0 bridgehead atoms. The van der Waals surface area contributed by atoms with Crippen molar-refractivity contribution >= 4 is 16.8 Å². The molecule has 3 rings (SSSR count). The van der Waals surface area contributed by atoms with E-state index in [1.54, 1.807) is 7.05 Å². The zero-order valence-corrected chi connectivity index (χ0v) is 16.8. The Bertz CT molecular complexity index is 907. The fraction of sp³-hybridized carbons (Fsp3) is 0.364. The Hall–Kier alpha value is -2.70. The van der Waals surface area contributed by atoms with Crippen molar-refractivity contribution in [2.24, 2.45) is 0 Å². The summed E-state index contributed by atoms with van der Waals surface area (Å²) in [5.74, 6) is -0.134. The SMILES string of the molecule is CON(C)C(=O)c1cn(CCCN(C)CCc2ccccn2)c2ccccc12. The molecule has 28 heavy (non-hydrogen) atoms. The van der Waals surface area contributed by atoms with Gasteiger partial charge in [-0.15, -0.1) is 0 Å². The molecule has 3 aromatic rings. The van der Waals surface area contributed by atoms with Crippen molar-refractivity contribution in [2.45, 2.75) is 19.4 Å². The van der Waals surface area contributed by atoms with Crippen molar-refractivity contribution in [1.29, 1.82) is 0 Å². The lowest BCUT2D eigenvalue weighted by atomic mass is 10.1. The summed E-state index contributed by atoms with van der Waals surface area (Å²) in [6.07, 6.45) is 5.74. The summed E-state index contributed by atoms with van der Waals surface area (Å²) >= 11 is 0. The van der Waals surface area contributed by atoms with E-state index in [1.165, 1.54) is 12.2 Å². The molecule has 2 aromatic heterocycles. The summed E-state index contributed by atoms with van der Waals surface area (Å²) in [7, 11) is 5.27. The molecule has 1 aromatic carbocycles. The number of hydrogen-bond donors (Lipinski definition) is 0. The number of aromatic nitrogens is 2. The fourth-order valence-corrected chi connectivity index (χ4v) is 3.33. The molecular formula is C22H28N4O2. The van der Waals surface area contributed by atoms with Crippen LogP contribution in [0.1, 0.15) is 22.5 Å². The number of hydrogen-bond acceptors (Lipinski definition) is 4. The summed E-state index contributed by atoms with van der Waals surface area (Å²) in [5, 5.41) is 2.22. The second kappa shape index (κ2) is 9.48. The third kappa shape index (κ3) is 4.77. The van der Waals surface area contributed by atoms with Crippen LogP contribution < -0.4 is 0 Å². The number of likely N-dealkylation sites (N-methyl/N-ethyl adjacent to an activating group) is 1. The summed E-state index contributed by atoms with van der Waals surface area (Å²) in [5.41, 5.74) is 2.87. The maximum atomic E-state index is 12.6. The van der Waals surface area contributed by atoms with Crippen molar-refractivity contribution in [3.63, 3.8) is 0 Å². The van der Waals surface area contributed by atoms with Crippen LogP contribution in [-0.2, 0) is 17.8 Å². The standard InChI is InChI=1S/C22H28N4O2/c1-24(16-12-18-9-6-7-13-23-18)14-8-15-26-17-20(22(27)25(2)28-3)19-10-4-5-11-21(19)26/h4-7,9-11,13,17H,8,12,14-16H2,1-3H3. The molecule has 0 radical (unpaired) electrons. The maximum Gasteiger partial charge on any atom is 0.279 e. The van der Waals surface area contributed by atoms with Crippen molar-refractivity contribution in [3.8, 4) is 0 Å². The Morgan fingerprint density at radius 1 is 1.11 bits per heavy atom. The number of carbonyl (C=O) groups excluding carboxylic acids is 1. The van der Waals surface area contributed by atoms with Crippen LogP contribution >= 0.6 is 0 Å². The van der Waals surface area contributed by atoms with Gasteiger partial charge in [-0.25, -0.2) is 5.06 Å². The first kappa shape index (κ1) is 20.0. The number of nitrogens with zero attached hydrogens (tertiary/aromatic N) is 4. The van der Waals surface area contributed by atoms with Gasteiger partial charge in [0.25, 0.3) is 5.91 Å².